The highest BCUT2D eigenvalue weighted by Gasteiger charge is 2.25. The molecule has 0 radical (unpaired) electrons. The van der Waals surface area contributed by atoms with Gasteiger partial charge in [0.2, 0.25) is 0 Å². The second kappa shape index (κ2) is 7.23. The SMILES string of the molecule is CCC(C)N(CC(=O)O)C(=O)N(C)Cc1scnc1C. The number of aromatic nitrogens is 1. The molecule has 6 nitrogen and oxygen atoms in total. The summed E-state index contributed by atoms with van der Waals surface area (Å²) in [5.41, 5.74) is 2.65. The third-order valence-electron chi connectivity index (χ3n) is 3.23. The summed E-state index contributed by atoms with van der Waals surface area (Å²) >= 11 is 1.50. The van der Waals surface area contributed by atoms with Gasteiger partial charge in [-0.1, -0.05) is 6.92 Å². The maximum Gasteiger partial charge on any atom is 0.323 e. The van der Waals surface area contributed by atoms with E-state index >= 15 is 0 Å². The van der Waals surface area contributed by atoms with Gasteiger partial charge in [-0.15, -0.1) is 11.3 Å². The number of carboxylic acids is 1. The van der Waals surface area contributed by atoms with Crippen LogP contribution in [0.4, 0.5) is 4.79 Å². The highest BCUT2D eigenvalue weighted by molar-refractivity contribution is 7.09. The first-order valence-corrected chi connectivity index (χ1v) is 7.37. The van der Waals surface area contributed by atoms with Crippen LogP contribution < -0.4 is 0 Å². The van der Waals surface area contributed by atoms with Gasteiger partial charge in [-0.2, -0.15) is 0 Å². The molecule has 1 aromatic heterocycles. The third-order valence-corrected chi connectivity index (χ3v) is 4.15. The van der Waals surface area contributed by atoms with Gasteiger partial charge < -0.3 is 14.9 Å². The summed E-state index contributed by atoms with van der Waals surface area (Å²) in [6.45, 7) is 5.85. The zero-order chi connectivity index (χ0) is 15.3. The lowest BCUT2D eigenvalue weighted by atomic mass is 10.2. The molecule has 1 atom stereocenters. The van der Waals surface area contributed by atoms with Gasteiger partial charge >= 0.3 is 12.0 Å². The van der Waals surface area contributed by atoms with Crippen LogP contribution in [0.1, 0.15) is 30.8 Å². The van der Waals surface area contributed by atoms with Gasteiger partial charge in [0.05, 0.1) is 17.7 Å². The van der Waals surface area contributed by atoms with Crippen molar-refractivity contribution in [2.45, 2.75) is 39.8 Å². The monoisotopic (exact) mass is 299 g/mol. The van der Waals surface area contributed by atoms with Crippen molar-refractivity contribution in [2.24, 2.45) is 0 Å². The summed E-state index contributed by atoms with van der Waals surface area (Å²) in [5, 5.41) is 8.94. The normalized spacial score (nSPS) is 12.0. The smallest absolute Gasteiger partial charge is 0.323 e. The van der Waals surface area contributed by atoms with Crippen molar-refractivity contribution < 1.29 is 14.7 Å². The Bertz CT molecular complexity index is 475. The Morgan fingerprint density at radius 1 is 1.50 bits per heavy atom. The predicted molar refractivity (Wildman–Crippen MR) is 77.8 cm³/mol. The molecule has 0 aliphatic rings. The van der Waals surface area contributed by atoms with Gasteiger partial charge in [-0.3, -0.25) is 4.79 Å². The number of urea groups is 1. The molecule has 1 aromatic rings. The first-order valence-electron chi connectivity index (χ1n) is 6.49. The summed E-state index contributed by atoms with van der Waals surface area (Å²) < 4.78 is 0. The fourth-order valence-corrected chi connectivity index (χ4v) is 2.59. The summed E-state index contributed by atoms with van der Waals surface area (Å²) in [4.78, 5) is 31.4. The molecular formula is C13H21N3O3S. The number of rotatable bonds is 6. The molecule has 0 bridgehead atoms. The average Bonchev–Trinajstić information content (AvgIpc) is 2.79. The molecule has 2 amide bonds. The Labute approximate surface area is 123 Å². The van der Waals surface area contributed by atoms with E-state index in [1.54, 1.807) is 12.6 Å². The number of carbonyl (C=O) groups excluding carboxylic acids is 1. The van der Waals surface area contributed by atoms with Gasteiger partial charge in [0.1, 0.15) is 6.54 Å². The molecule has 0 spiro atoms. The second-order valence-electron chi connectivity index (χ2n) is 4.78. The molecule has 1 N–H and O–H groups in total. The summed E-state index contributed by atoms with van der Waals surface area (Å²) in [6.07, 6.45) is 0.715. The Kier molecular flexibility index (Phi) is 5.94. The van der Waals surface area contributed by atoms with Gasteiger partial charge in [0.15, 0.2) is 0 Å². The fraction of sp³-hybridized carbons (Fsp3) is 0.615. The fourth-order valence-electron chi connectivity index (χ4n) is 1.76. The lowest BCUT2D eigenvalue weighted by Crippen LogP contribution is -2.47. The molecule has 0 aliphatic carbocycles. The number of hydrogen-bond donors (Lipinski definition) is 1. The Morgan fingerprint density at radius 3 is 2.60 bits per heavy atom. The topological polar surface area (TPSA) is 73.7 Å². The maximum absolute atomic E-state index is 12.4. The van der Waals surface area contributed by atoms with Crippen LogP contribution in [0.5, 0.6) is 0 Å². The van der Waals surface area contributed by atoms with E-state index in [1.807, 2.05) is 20.8 Å². The molecule has 7 heteroatoms. The van der Waals surface area contributed by atoms with Crippen LogP contribution >= 0.6 is 11.3 Å². The van der Waals surface area contributed by atoms with Crippen LogP contribution in [-0.2, 0) is 11.3 Å². The Morgan fingerprint density at radius 2 is 2.15 bits per heavy atom. The first kappa shape index (κ1) is 16.4. The maximum atomic E-state index is 12.4. The number of hydrogen-bond acceptors (Lipinski definition) is 4. The van der Waals surface area contributed by atoms with Crippen molar-refractivity contribution in [2.75, 3.05) is 13.6 Å². The summed E-state index contributed by atoms with van der Waals surface area (Å²) in [7, 11) is 1.68. The summed E-state index contributed by atoms with van der Waals surface area (Å²) in [6, 6.07) is -0.377. The van der Waals surface area contributed by atoms with Gasteiger partial charge in [-0.25, -0.2) is 9.78 Å². The number of thiazole rings is 1. The highest BCUT2D eigenvalue weighted by Crippen LogP contribution is 2.16. The van der Waals surface area contributed by atoms with Crippen LogP contribution in [0.2, 0.25) is 0 Å². The minimum Gasteiger partial charge on any atom is -0.480 e. The molecule has 0 saturated carbocycles. The Hall–Kier alpha value is -1.63. The zero-order valence-electron chi connectivity index (χ0n) is 12.3. The quantitative estimate of drug-likeness (QED) is 0.874. The van der Waals surface area contributed by atoms with E-state index in [0.717, 1.165) is 10.6 Å². The third kappa shape index (κ3) is 4.19. The van der Waals surface area contributed by atoms with Gasteiger partial charge in [0, 0.05) is 18.0 Å². The van der Waals surface area contributed by atoms with E-state index in [1.165, 1.54) is 21.1 Å². The molecule has 1 rings (SSSR count). The number of aliphatic carboxylic acids is 1. The van der Waals surface area contributed by atoms with Crippen molar-refractivity contribution in [1.82, 2.24) is 14.8 Å². The molecule has 0 aliphatic heterocycles. The predicted octanol–water partition coefficient (Wildman–Crippen LogP) is 2.19. The molecular weight excluding hydrogens is 278 g/mol. The van der Waals surface area contributed by atoms with E-state index in [0.29, 0.717) is 13.0 Å². The zero-order valence-corrected chi connectivity index (χ0v) is 13.1. The van der Waals surface area contributed by atoms with Crippen molar-refractivity contribution >= 4 is 23.3 Å². The summed E-state index contributed by atoms with van der Waals surface area (Å²) in [5.74, 6) is -0.999. The molecule has 1 heterocycles. The van der Waals surface area contributed by atoms with Crippen LogP contribution in [0.25, 0.3) is 0 Å². The average molecular weight is 299 g/mol. The molecule has 20 heavy (non-hydrogen) atoms. The lowest BCUT2D eigenvalue weighted by molar-refractivity contribution is -0.138. The van der Waals surface area contributed by atoms with E-state index in [4.69, 9.17) is 5.11 Å². The molecule has 0 aromatic carbocycles. The van der Waals surface area contributed by atoms with E-state index in [-0.39, 0.29) is 18.6 Å². The lowest BCUT2D eigenvalue weighted by Gasteiger charge is -2.31. The first-order chi connectivity index (χ1) is 9.36. The number of aryl methyl sites for hydroxylation is 1. The number of carboxylic acid groups (broad SMARTS) is 1. The van der Waals surface area contributed by atoms with Crippen molar-refractivity contribution in [3.63, 3.8) is 0 Å². The molecule has 112 valence electrons. The number of carbonyl (C=O) groups is 2. The largest absolute Gasteiger partial charge is 0.480 e. The minimum absolute atomic E-state index is 0.108. The molecule has 1 unspecified atom stereocenters. The van der Waals surface area contributed by atoms with Gasteiger partial charge in [-0.05, 0) is 20.3 Å². The van der Waals surface area contributed by atoms with Crippen molar-refractivity contribution in [1.29, 1.82) is 0 Å². The van der Waals surface area contributed by atoms with E-state index < -0.39 is 5.97 Å². The minimum atomic E-state index is -0.999. The second-order valence-corrected chi connectivity index (χ2v) is 5.72. The van der Waals surface area contributed by atoms with E-state index in [2.05, 4.69) is 4.98 Å². The van der Waals surface area contributed by atoms with Crippen LogP contribution in [-0.4, -0.2) is 51.5 Å². The van der Waals surface area contributed by atoms with Crippen LogP contribution in [0, 0.1) is 6.92 Å². The number of nitrogens with zero attached hydrogens (tertiary/aromatic N) is 3. The standard InChI is InChI=1S/C13H21N3O3S/c1-5-9(2)16(7-12(17)18)13(19)15(4)6-11-10(3)14-8-20-11/h8-9H,5-7H2,1-4H3,(H,17,18). The van der Waals surface area contributed by atoms with Crippen molar-refractivity contribution in [3.8, 4) is 0 Å². The van der Waals surface area contributed by atoms with Crippen LogP contribution in [0.3, 0.4) is 0 Å². The molecule has 0 fully saturated rings. The van der Waals surface area contributed by atoms with E-state index in [9.17, 15) is 9.59 Å². The molecule has 0 saturated heterocycles. The van der Waals surface area contributed by atoms with Crippen molar-refractivity contribution in [3.05, 3.63) is 16.1 Å². The highest BCUT2D eigenvalue weighted by atomic mass is 32.1. The van der Waals surface area contributed by atoms with Crippen LogP contribution in [0.15, 0.2) is 5.51 Å². The number of amides is 2. The van der Waals surface area contributed by atoms with Gasteiger partial charge in [0.25, 0.3) is 0 Å². The Balaban J connectivity index is 2.77.